The number of benzene rings is 3. The normalized spacial score (nSPS) is 13.4. The lowest BCUT2D eigenvalue weighted by atomic mass is 9.82. The molecule has 0 saturated carbocycles. The molecule has 0 aliphatic rings. The van der Waals surface area contributed by atoms with Crippen LogP contribution in [0.3, 0.4) is 0 Å². The predicted octanol–water partition coefficient (Wildman–Crippen LogP) is 5.54. The van der Waals surface area contributed by atoms with Crippen LogP contribution in [-0.4, -0.2) is 6.29 Å². The first-order valence-corrected chi connectivity index (χ1v) is 8.64. The lowest BCUT2D eigenvalue weighted by molar-refractivity contribution is -0.111. The van der Waals surface area contributed by atoms with Crippen molar-refractivity contribution in [2.45, 2.75) is 12.3 Å². The second-order valence-electron chi connectivity index (χ2n) is 6.20. The van der Waals surface area contributed by atoms with E-state index in [0.29, 0.717) is 0 Å². The van der Waals surface area contributed by atoms with Crippen LogP contribution in [0.4, 0.5) is 0 Å². The van der Waals surface area contributed by atoms with E-state index in [1.807, 2.05) is 54.6 Å². The molecule has 0 aliphatic carbocycles. The SMILES string of the molecule is O=C[C@@H](Cc1ccccc1)[C@H](/C=C/c1ccccc1)c1ccccc1. The Bertz CT molecular complexity index is 791. The molecule has 0 aromatic heterocycles. The molecule has 3 aromatic rings. The number of aldehydes is 1. The zero-order chi connectivity index (χ0) is 17.3. The van der Waals surface area contributed by atoms with Crippen LogP contribution < -0.4 is 0 Å². The van der Waals surface area contributed by atoms with Crippen molar-refractivity contribution < 1.29 is 4.79 Å². The molecule has 3 aromatic carbocycles. The highest BCUT2D eigenvalue weighted by Crippen LogP contribution is 2.28. The third-order valence-electron chi connectivity index (χ3n) is 4.43. The maximum absolute atomic E-state index is 11.9. The van der Waals surface area contributed by atoms with Gasteiger partial charge in [-0.25, -0.2) is 0 Å². The quantitative estimate of drug-likeness (QED) is 0.521. The van der Waals surface area contributed by atoms with Crippen LogP contribution >= 0.6 is 0 Å². The molecular weight excluding hydrogens is 304 g/mol. The molecule has 0 spiro atoms. The molecule has 0 N–H and O–H groups in total. The molecule has 0 saturated heterocycles. The maximum Gasteiger partial charge on any atom is 0.124 e. The maximum atomic E-state index is 11.9. The number of rotatable bonds is 7. The number of allylic oxidation sites excluding steroid dienone is 1. The average Bonchev–Trinajstić information content (AvgIpc) is 2.69. The van der Waals surface area contributed by atoms with E-state index in [-0.39, 0.29) is 11.8 Å². The van der Waals surface area contributed by atoms with Crippen molar-refractivity contribution in [2.75, 3.05) is 0 Å². The van der Waals surface area contributed by atoms with Gasteiger partial charge in [0, 0.05) is 11.8 Å². The number of hydrogen-bond donors (Lipinski definition) is 0. The molecule has 0 amide bonds. The Kier molecular flexibility index (Phi) is 5.95. The zero-order valence-corrected chi connectivity index (χ0v) is 14.2. The van der Waals surface area contributed by atoms with E-state index in [1.165, 1.54) is 11.1 Å². The van der Waals surface area contributed by atoms with Crippen LogP contribution in [0, 0.1) is 5.92 Å². The van der Waals surface area contributed by atoms with Gasteiger partial charge in [0.25, 0.3) is 0 Å². The summed E-state index contributed by atoms with van der Waals surface area (Å²) in [7, 11) is 0. The highest BCUT2D eigenvalue weighted by atomic mass is 16.1. The molecule has 1 heteroatoms. The van der Waals surface area contributed by atoms with Gasteiger partial charge in [0.15, 0.2) is 0 Å². The topological polar surface area (TPSA) is 17.1 Å². The molecule has 25 heavy (non-hydrogen) atoms. The third kappa shape index (κ3) is 4.77. The Balaban J connectivity index is 1.89. The van der Waals surface area contributed by atoms with Crippen LogP contribution in [-0.2, 0) is 11.2 Å². The summed E-state index contributed by atoms with van der Waals surface area (Å²) in [6.45, 7) is 0. The van der Waals surface area contributed by atoms with Crippen molar-refractivity contribution >= 4 is 12.4 Å². The van der Waals surface area contributed by atoms with Crippen LogP contribution in [0.5, 0.6) is 0 Å². The second-order valence-corrected chi connectivity index (χ2v) is 6.20. The summed E-state index contributed by atoms with van der Waals surface area (Å²) in [6, 6.07) is 30.7. The van der Waals surface area contributed by atoms with Gasteiger partial charge in [0.2, 0.25) is 0 Å². The summed E-state index contributed by atoms with van der Waals surface area (Å²) in [5, 5.41) is 0. The molecule has 0 radical (unpaired) electrons. The van der Waals surface area contributed by atoms with Gasteiger partial charge >= 0.3 is 0 Å². The highest BCUT2D eigenvalue weighted by Gasteiger charge is 2.20. The van der Waals surface area contributed by atoms with Gasteiger partial charge in [-0.3, -0.25) is 0 Å². The fraction of sp³-hybridized carbons (Fsp3) is 0.125. The monoisotopic (exact) mass is 326 g/mol. The summed E-state index contributed by atoms with van der Waals surface area (Å²) < 4.78 is 0. The predicted molar refractivity (Wildman–Crippen MR) is 104 cm³/mol. The molecular formula is C24H22O. The fourth-order valence-corrected chi connectivity index (χ4v) is 3.10. The van der Waals surface area contributed by atoms with Gasteiger partial charge in [-0.05, 0) is 23.1 Å². The summed E-state index contributed by atoms with van der Waals surface area (Å²) in [5.74, 6) is -0.0381. The lowest BCUT2D eigenvalue weighted by Gasteiger charge is -2.21. The van der Waals surface area contributed by atoms with Crippen molar-refractivity contribution in [2.24, 2.45) is 5.92 Å². The van der Waals surface area contributed by atoms with E-state index in [1.54, 1.807) is 0 Å². The van der Waals surface area contributed by atoms with Crippen molar-refractivity contribution in [1.82, 2.24) is 0 Å². The molecule has 2 atom stereocenters. The van der Waals surface area contributed by atoms with Gasteiger partial charge in [-0.1, -0.05) is 103 Å². The Morgan fingerprint density at radius 3 is 1.88 bits per heavy atom. The van der Waals surface area contributed by atoms with E-state index < -0.39 is 0 Å². The van der Waals surface area contributed by atoms with E-state index in [9.17, 15) is 4.79 Å². The van der Waals surface area contributed by atoms with E-state index in [0.717, 1.165) is 18.3 Å². The average molecular weight is 326 g/mol. The number of hydrogen-bond acceptors (Lipinski definition) is 1. The largest absolute Gasteiger partial charge is 0.303 e. The molecule has 3 rings (SSSR count). The van der Waals surface area contributed by atoms with Crippen molar-refractivity contribution in [1.29, 1.82) is 0 Å². The lowest BCUT2D eigenvalue weighted by Crippen LogP contribution is -2.15. The second kappa shape index (κ2) is 8.79. The van der Waals surface area contributed by atoms with E-state index in [2.05, 4.69) is 48.6 Å². The van der Waals surface area contributed by atoms with Gasteiger partial charge in [-0.2, -0.15) is 0 Å². The Morgan fingerprint density at radius 1 is 0.720 bits per heavy atom. The Hall–Kier alpha value is -2.93. The molecule has 0 aliphatic heterocycles. The summed E-state index contributed by atoms with van der Waals surface area (Å²) in [4.78, 5) is 11.9. The molecule has 124 valence electrons. The first-order chi connectivity index (χ1) is 12.4. The van der Waals surface area contributed by atoms with Crippen molar-refractivity contribution in [3.63, 3.8) is 0 Å². The van der Waals surface area contributed by atoms with E-state index >= 15 is 0 Å². The van der Waals surface area contributed by atoms with Crippen molar-refractivity contribution in [3.05, 3.63) is 114 Å². The third-order valence-corrected chi connectivity index (χ3v) is 4.43. The standard InChI is InChI=1S/C24H22O/c25-19-23(18-21-12-6-2-7-13-21)24(22-14-8-3-9-15-22)17-16-20-10-4-1-5-11-20/h1-17,19,23-24H,18H2/b17-16+/t23-,24-/m1/s1. The van der Waals surface area contributed by atoms with Crippen LogP contribution in [0.2, 0.25) is 0 Å². The molecule has 0 unspecified atom stereocenters. The minimum absolute atomic E-state index is 0.0547. The highest BCUT2D eigenvalue weighted by molar-refractivity contribution is 5.60. The Morgan fingerprint density at radius 2 is 1.28 bits per heavy atom. The zero-order valence-electron chi connectivity index (χ0n) is 14.2. The number of carbonyl (C=O) groups is 1. The molecule has 0 bridgehead atoms. The summed E-state index contributed by atoms with van der Waals surface area (Å²) >= 11 is 0. The van der Waals surface area contributed by atoms with Crippen LogP contribution in [0.15, 0.2) is 97.1 Å². The van der Waals surface area contributed by atoms with E-state index in [4.69, 9.17) is 0 Å². The summed E-state index contributed by atoms with van der Waals surface area (Å²) in [6.07, 6.45) is 6.11. The minimum Gasteiger partial charge on any atom is -0.303 e. The minimum atomic E-state index is -0.0928. The summed E-state index contributed by atoms with van der Waals surface area (Å²) in [5.41, 5.74) is 3.50. The first-order valence-electron chi connectivity index (χ1n) is 8.64. The van der Waals surface area contributed by atoms with Gasteiger partial charge < -0.3 is 4.79 Å². The number of carbonyl (C=O) groups excluding carboxylic acids is 1. The first kappa shape index (κ1) is 16.9. The van der Waals surface area contributed by atoms with Gasteiger partial charge in [0.05, 0.1) is 0 Å². The van der Waals surface area contributed by atoms with Crippen LogP contribution in [0.25, 0.3) is 6.08 Å². The van der Waals surface area contributed by atoms with Crippen LogP contribution in [0.1, 0.15) is 22.6 Å². The van der Waals surface area contributed by atoms with Crippen molar-refractivity contribution in [3.8, 4) is 0 Å². The molecule has 0 heterocycles. The Labute approximate surface area is 149 Å². The fourth-order valence-electron chi connectivity index (χ4n) is 3.10. The van der Waals surface area contributed by atoms with Gasteiger partial charge in [-0.15, -0.1) is 0 Å². The smallest absolute Gasteiger partial charge is 0.124 e. The molecule has 1 nitrogen and oxygen atoms in total. The molecule has 0 fully saturated rings. The van der Waals surface area contributed by atoms with Gasteiger partial charge in [0.1, 0.15) is 6.29 Å².